The normalized spacial score (nSPS) is 21.6. The maximum Gasteiger partial charge on any atom is 0.229 e. The third kappa shape index (κ3) is 3.34. The first-order chi connectivity index (χ1) is 12.3. The molecule has 0 bridgehead atoms. The van der Waals surface area contributed by atoms with E-state index in [2.05, 4.69) is 39.7 Å². The van der Waals surface area contributed by atoms with Crippen molar-refractivity contribution >= 4 is 0 Å². The SMILES string of the molecule is COCCc1nc(CNC2c3ccccc3CC23CCOCC3)no1. The van der Waals surface area contributed by atoms with Crippen LogP contribution in [0.2, 0.25) is 0 Å². The number of nitrogens with zero attached hydrogens (tertiary/aromatic N) is 2. The Kier molecular flexibility index (Phi) is 4.83. The molecule has 1 spiro atoms. The summed E-state index contributed by atoms with van der Waals surface area (Å²) in [6.07, 6.45) is 3.95. The molecule has 1 unspecified atom stereocenters. The van der Waals surface area contributed by atoms with Gasteiger partial charge >= 0.3 is 0 Å². The van der Waals surface area contributed by atoms with Crippen LogP contribution in [0.15, 0.2) is 28.8 Å². The fraction of sp³-hybridized carbons (Fsp3) is 0.579. The first kappa shape index (κ1) is 16.7. The van der Waals surface area contributed by atoms with Gasteiger partial charge in [0.2, 0.25) is 5.89 Å². The number of nitrogens with one attached hydrogen (secondary N) is 1. The maximum absolute atomic E-state index is 5.63. The second-order valence-electron chi connectivity index (χ2n) is 7.01. The second kappa shape index (κ2) is 7.23. The second-order valence-corrected chi connectivity index (χ2v) is 7.01. The molecular formula is C19H25N3O3. The zero-order chi connectivity index (χ0) is 17.1. The third-order valence-corrected chi connectivity index (χ3v) is 5.50. The molecular weight excluding hydrogens is 318 g/mol. The number of hydrogen-bond donors (Lipinski definition) is 1. The van der Waals surface area contributed by atoms with E-state index in [1.807, 2.05) is 0 Å². The summed E-state index contributed by atoms with van der Waals surface area (Å²) in [7, 11) is 1.67. The zero-order valence-corrected chi connectivity index (χ0v) is 14.7. The number of rotatable bonds is 6. The quantitative estimate of drug-likeness (QED) is 0.869. The van der Waals surface area contributed by atoms with Crippen LogP contribution >= 0.6 is 0 Å². The Balaban J connectivity index is 1.49. The van der Waals surface area contributed by atoms with Crippen LogP contribution in [0.5, 0.6) is 0 Å². The predicted octanol–water partition coefficient (Wildman–Crippen LogP) is 2.44. The summed E-state index contributed by atoms with van der Waals surface area (Å²) in [6.45, 7) is 2.89. The first-order valence-electron chi connectivity index (χ1n) is 9.00. The Hall–Kier alpha value is -1.76. The summed E-state index contributed by atoms with van der Waals surface area (Å²) >= 11 is 0. The minimum absolute atomic E-state index is 0.241. The summed E-state index contributed by atoms with van der Waals surface area (Å²) in [5.74, 6) is 1.34. The van der Waals surface area contributed by atoms with Gasteiger partial charge in [0.25, 0.3) is 0 Å². The van der Waals surface area contributed by atoms with Crippen molar-refractivity contribution < 1.29 is 14.0 Å². The Morgan fingerprint density at radius 2 is 2.12 bits per heavy atom. The monoisotopic (exact) mass is 343 g/mol. The minimum atomic E-state index is 0.241. The van der Waals surface area contributed by atoms with Crippen LogP contribution in [0.1, 0.15) is 41.7 Å². The van der Waals surface area contributed by atoms with Gasteiger partial charge in [-0.15, -0.1) is 0 Å². The molecule has 1 aromatic heterocycles. The molecule has 1 aliphatic heterocycles. The van der Waals surface area contributed by atoms with Crippen molar-refractivity contribution in [3.05, 3.63) is 47.1 Å². The number of fused-ring (bicyclic) bond motifs is 1. The van der Waals surface area contributed by atoms with Gasteiger partial charge in [0, 0.05) is 26.4 Å². The maximum atomic E-state index is 5.63. The lowest BCUT2D eigenvalue weighted by atomic mass is 9.74. The molecule has 25 heavy (non-hydrogen) atoms. The van der Waals surface area contributed by atoms with Gasteiger partial charge in [0.1, 0.15) is 0 Å². The lowest BCUT2D eigenvalue weighted by Gasteiger charge is -2.39. The summed E-state index contributed by atoms with van der Waals surface area (Å²) in [5, 5.41) is 7.80. The van der Waals surface area contributed by atoms with Crippen molar-refractivity contribution in [2.75, 3.05) is 26.9 Å². The van der Waals surface area contributed by atoms with Crippen LogP contribution in [0, 0.1) is 5.41 Å². The molecule has 2 heterocycles. The van der Waals surface area contributed by atoms with E-state index in [1.54, 1.807) is 7.11 Å². The van der Waals surface area contributed by atoms with Gasteiger partial charge < -0.3 is 19.3 Å². The van der Waals surface area contributed by atoms with E-state index in [0.717, 1.165) is 32.5 Å². The van der Waals surface area contributed by atoms with Crippen LogP contribution in [0.4, 0.5) is 0 Å². The molecule has 6 nitrogen and oxygen atoms in total. The van der Waals surface area contributed by atoms with Gasteiger partial charge in [-0.25, -0.2) is 0 Å². The molecule has 1 saturated heterocycles. The van der Waals surface area contributed by atoms with Crippen molar-refractivity contribution in [1.29, 1.82) is 0 Å². The van der Waals surface area contributed by atoms with E-state index in [-0.39, 0.29) is 5.41 Å². The van der Waals surface area contributed by atoms with E-state index in [0.29, 0.717) is 37.3 Å². The van der Waals surface area contributed by atoms with Crippen molar-refractivity contribution in [1.82, 2.24) is 15.5 Å². The molecule has 2 aromatic rings. The van der Waals surface area contributed by atoms with Gasteiger partial charge in [-0.2, -0.15) is 4.98 Å². The third-order valence-electron chi connectivity index (χ3n) is 5.50. The fourth-order valence-corrected chi connectivity index (χ4v) is 4.20. The molecule has 134 valence electrons. The Labute approximate surface area is 147 Å². The van der Waals surface area contributed by atoms with E-state index < -0.39 is 0 Å². The van der Waals surface area contributed by atoms with Crippen LogP contribution in [0.25, 0.3) is 0 Å². The molecule has 0 radical (unpaired) electrons. The van der Waals surface area contributed by atoms with Gasteiger partial charge in [-0.3, -0.25) is 0 Å². The van der Waals surface area contributed by atoms with Crippen molar-refractivity contribution in [2.45, 2.75) is 38.3 Å². The molecule has 1 aliphatic carbocycles. The van der Waals surface area contributed by atoms with E-state index >= 15 is 0 Å². The zero-order valence-electron chi connectivity index (χ0n) is 14.7. The summed E-state index contributed by atoms with van der Waals surface area (Å²) < 4.78 is 16.0. The van der Waals surface area contributed by atoms with Crippen LogP contribution < -0.4 is 5.32 Å². The largest absolute Gasteiger partial charge is 0.384 e. The summed E-state index contributed by atoms with van der Waals surface area (Å²) in [6, 6.07) is 9.08. The van der Waals surface area contributed by atoms with Gasteiger partial charge in [-0.1, -0.05) is 29.4 Å². The first-order valence-corrected chi connectivity index (χ1v) is 9.00. The smallest absolute Gasteiger partial charge is 0.229 e. The number of ether oxygens (including phenoxy) is 2. The molecule has 4 rings (SSSR count). The predicted molar refractivity (Wildman–Crippen MR) is 92.1 cm³/mol. The molecule has 0 amide bonds. The van der Waals surface area contributed by atoms with Gasteiger partial charge in [0.15, 0.2) is 5.82 Å². The lowest BCUT2D eigenvalue weighted by molar-refractivity contribution is -0.000366. The average molecular weight is 343 g/mol. The minimum Gasteiger partial charge on any atom is -0.384 e. The lowest BCUT2D eigenvalue weighted by Crippen LogP contribution is -2.40. The Morgan fingerprint density at radius 1 is 1.28 bits per heavy atom. The number of methoxy groups -OCH3 is 1. The highest BCUT2D eigenvalue weighted by atomic mass is 16.5. The summed E-state index contributed by atoms with van der Waals surface area (Å²) in [4.78, 5) is 4.45. The van der Waals surface area contributed by atoms with Crippen LogP contribution in [-0.2, 0) is 28.9 Å². The summed E-state index contributed by atoms with van der Waals surface area (Å²) in [5.41, 5.74) is 3.10. The molecule has 1 aromatic carbocycles. The van der Waals surface area contributed by atoms with Crippen molar-refractivity contribution in [3.63, 3.8) is 0 Å². The molecule has 0 saturated carbocycles. The van der Waals surface area contributed by atoms with Crippen molar-refractivity contribution in [2.24, 2.45) is 5.41 Å². The number of aromatic nitrogens is 2. The van der Waals surface area contributed by atoms with Crippen LogP contribution in [0.3, 0.4) is 0 Å². The van der Waals surface area contributed by atoms with Crippen molar-refractivity contribution in [3.8, 4) is 0 Å². The number of benzene rings is 1. The van der Waals surface area contributed by atoms with Gasteiger partial charge in [0.05, 0.1) is 19.6 Å². The molecule has 6 heteroatoms. The highest BCUT2D eigenvalue weighted by Crippen LogP contribution is 2.51. The fourth-order valence-electron chi connectivity index (χ4n) is 4.20. The highest BCUT2D eigenvalue weighted by molar-refractivity contribution is 5.38. The van der Waals surface area contributed by atoms with E-state index in [1.165, 1.54) is 11.1 Å². The highest BCUT2D eigenvalue weighted by Gasteiger charge is 2.46. The Morgan fingerprint density at radius 3 is 2.96 bits per heavy atom. The van der Waals surface area contributed by atoms with E-state index in [4.69, 9.17) is 14.0 Å². The average Bonchev–Trinajstić information content (AvgIpc) is 3.21. The molecule has 1 fully saturated rings. The van der Waals surface area contributed by atoms with Gasteiger partial charge in [-0.05, 0) is 35.8 Å². The molecule has 2 aliphatic rings. The van der Waals surface area contributed by atoms with Crippen LogP contribution in [-0.4, -0.2) is 37.1 Å². The Bertz CT molecular complexity index is 709. The molecule has 1 atom stereocenters. The number of hydrogen-bond acceptors (Lipinski definition) is 6. The molecule has 1 N–H and O–H groups in total. The standard InChI is InChI=1S/C19H25N3O3/c1-23-9-6-17-21-16(22-25-17)13-20-18-15-5-3-2-4-14(15)12-19(18)7-10-24-11-8-19/h2-5,18,20H,6-13H2,1H3. The topological polar surface area (TPSA) is 69.4 Å². The van der Waals surface area contributed by atoms with E-state index in [9.17, 15) is 0 Å².